The largest absolute Gasteiger partial charge is 0.493 e. The van der Waals surface area contributed by atoms with Crippen molar-refractivity contribution in [3.8, 4) is 5.75 Å². The summed E-state index contributed by atoms with van der Waals surface area (Å²) in [6.07, 6.45) is 2.99. The normalized spacial score (nSPS) is 19.1. The van der Waals surface area contributed by atoms with E-state index in [1.165, 1.54) is 5.56 Å². The lowest BCUT2D eigenvalue weighted by Crippen LogP contribution is -2.33. The van der Waals surface area contributed by atoms with Gasteiger partial charge < -0.3 is 9.84 Å². The Hall–Kier alpha value is -1.81. The molecule has 4 nitrogen and oxygen atoms in total. The predicted molar refractivity (Wildman–Crippen MR) is 81.5 cm³/mol. The van der Waals surface area contributed by atoms with Crippen LogP contribution in [-0.4, -0.2) is 27.6 Å². The molecule has 2 atom stereocenters. The molecule has 0 saturated heterocycles. The van der Waals surface area contributed by atoms with E-state index in [2.05, 4.69) is 25.0 Å². The third-order valence-electron chi connectivity index (χ3n) is 4.06. The first-order valence-corrected chi connectivity index (χ1v) is 7.56. The van der Waals surface area contributed by atoms with E-state index in [9.17, 15) is 5.11 Å². The molecule has 0 bridgehead atoms. The lowest BCUT2D eigenvalue weighted by molar-refractivity contribution is 0.0644. The first-order chi connectivity index (χ1) is 10.1. The molecule has 4 heteroatoms. The Morgan fingerprint density at radius 3 is 2.90 bits per heavy atom. The van der Waals surface area contributed by atoms with Gasteiger partial charge >= 0.3 is 0 Å². The maximum absolute atomic E-state index is 10.5. The van der Waals surface area contributed by atoms with Crippen LogP contribution in [0.3, 0.4) is 0 Å². The van der Waals surface area contributed by atoms with Crippen molar-refractivity contribution in [3.63, 3.8) is 0 Å². The summed E-state index contributed by atoms with van der Waals surface area (Å²) in [5.41, 5.74) is 2.12. The summed E-state index contributed by atoms with van der Waals surface area (Å²) in [5, 5.41) is 15.0. The fraction of sp³-hybridized carbons (Fsp3) is 0.471. The van der Waals surface area contributed by atoms with E-state index in [-0.39, 0.29) is 5.92 Å². The molecule has 1 aromatic heterocycles. The second-order valence-corrected chi connectivity index (χ2v) is 6.04. The zero-order valence-electron chi connectivity index (χ0n) is 12.6. The zero-order chi connectivity index (χ0) is 14.8. The van der Waals surface area contributed by atoms with Crippen LogP contribution >= 0.6 is 0 Å². The fourth-order valence-corrected chi connectivity index (χ4v) is 2.75. The molecule has 112 valence electrons. The van der Waals surface area contributed by atoms with Crippen molar-refractivity contribution in [2.75, 3.05) is 6.61 Å². The standard InChI is InChI=1S/C17H22N2O2/c1-12(2)19-8-7-15(18-19)10-16(20)14-9-13-5-3-4-6-17(13)21-11-14/h3-8,12,14,16,20H,9-11H2,1-2H3. The van der Waals surface area contributed by atoms with Gasteiger partial charge in [-0.05, 0) is 38.0 Å². The number of hydrogen-bond acceptors (Lipinski definition) is 3. The molecule has 0 amide bonds. The van der Waals surface area contributed by atoms with Crippen molar-refractivity contribution >= 4 is 0 Å². The lowest BCUT2D eigenvalue weighted by Gasteiger charge is -2.28. The topological polar surface area (TPSA) is 47.3 Å². The van der Waals surface area contributed by atoms with Crippen LogP contribution in [0.15, 0.2) is 36.5 Å². The van der Waals surface area contributed by atoms with Gasteiger partial charge in [0.1, 0.15) is 5.75 Å². The quantitative estimate of drug-likeness (QED) is 0.940. The Balaban J connectivity index is 1.65. The van der Waals surface area contributed by atoms with E-state index in [4.69, 9.17) is 4.74 Å². The number of benzene rings is 1. The molecule has 1 aliphatic rings. The van der Waals surface area contributed by atoms with Crippen LogP contribution in [-0.2, 0) is 12.8 Å². The number of rotatable bonds is 4. The molecule has 2 unspecified atom stereocenters. The second-order valence-electron chi connectivity index (χ2n) is 6.04. The summed E-state index contributed by atoms with van der Waals surface area (Å²) >= 11 is 0. The van der Waals surface area contributed by atoms with Gasteiger partial charge in [-0.3, -0.25) is 4.68 Å². The van der Waals surface area contributed by atoms with E-state index in [0.717, 1.165) is 17.9 Å². The summed E-state index contributed by atoms with van der Waals surface area (Å²) in [6.45, 7) is 4.77. The van der Waals surface area contributed by atoms with Crippen LogP contribution in [0, 0.1) is 5.92 Å². The lowest BCUT2D eigenvalue weighted by atomic mass is 9.90. The van der Waals surface area contributed by atoms with Crippen LogP contribution in [0.1, 0.15) is 31.1 Å². The highest BCUT2D eigenvalue weighted by atomic mass is 16.5. The predicted octanol–water partition coefficient (Wildman–Crippen LogP) is 2.62. The zero-order valence-corrected chi connectivity index (χ0v) is 12.6. The molecule has 21 heavy (non-hydrogen) atoms. The molecule has 1 N–H and O–H groups in total. The molecule has 0 aliphatic carbocycles. The van der Waals surface area contributed by atoms with Crippen molar-refractivity contribution in [1.82, 2.24) is 9.78 Å². The fourth-order valence-electron chi connectivity index (χ4n) is 2.75. The summed E-state index contributed by atoms with van der Waals surface area (Å²) < 4.78 is 7.68. The highest BCUT2D eigenvalue weighted by Crippen LogP contribution is 2.29. The van der Waals surface area contributed by atoms with E-state index in [1.54, 1.807) is 0 Å². The highest BCUT2D eigenvalue weighted by Gasteiger charge is 2.26. The van der Waals surface area contributed by atoms with Crippen LogP contribution in [0.4, 0.5) is 0 Å². The second kappa shape index (κ2) is 5.90. The van der Waals surface area contributed by atoms with Gasteiger partial charge in [0, 0.05) is 24.6 Å². The number of para-hydroxylation sites is 1. The monoisotopic (exact) mass is 286 g/mol. The molecular weight excluding hydrogens is 264 g/mol. The van der Waals surface area contributed by atoms with E-state index in [1.807, 2.05) is 35.1 Å². The van der Waals surface area contributed by atoms with Crippen LogP contribution in [0.25, 0.3) is 0 Å². The summed E-state index contributed by atoms with van der Waals surface area (Å²) in [5.74, 6) is 1.08. The van der Waals surface area contributed by atoms with E-state index < -0.39 is 6.10 Å². The molecular formula is C17H22N2O2. The van der Waals surface area contributed by atoms with Gasteiger partial charge in [0.15, 0.2) is 0 Å². The Labute approximate surface area is 125 Å². The number of aliphatic hydroxyl groups is 1. The van der Waals surface area contributed by atoms with Crippen LogP contribution < -0.4 is 4.74 Å². The van der Waals surface area contributed by atoms with Crippen LogP contribution in [0.5, 0.6) is 5.75 Å². The number of aliphatic hydroxyl groups excluding tert-OH is 1. The molecule has 2 aromatic rings. The smallest absolute Gasteiger partial charge is 0.122 e. The van der Waals surface area contributed by atoms with Gasteiger partial charge in [0.2, 0.25) is 0 Å². The van der Waals surface area contributed by atoms with Gasteiger partial charge in [-0.2, -0.15) is 5.10 Å². The number of hydrogen-bond donors (Lipinski definition) is 1. The summed E-state index contributed by atoms with van der Waals surface area (Å²) in [4.78, 5) is 0. The number of aromatic nitrogens is 2. The minimum Gasteiger partial charge on any atom is -0.493 e. The number of nitrogens with zero attached hydrogens (tertiary/aromatic N) is 2. The molecule has 0 radical (unpaired) electrons. The third-order valence-corrected chi connectivity index (χ3v) is 4.06. The summed E-state index contributed by atoms with van der Waals surface area (Å²) in [7, 11) is 0. The number of ether oxygens (including phenoxy) is 1. The van der Waals surface area contributed by atoms with Gasteiger partial charge in [-0.1, -0.05) is 18.2 Å². The first kappa shape index (κ1) is 14.1. The molecule has 3 rings (SSSR count). The summed E-state index contributed by atoms with van der Waals surface area (Å²) in [6, 6.07) is 10.4. The van der Waals surface area contributed by atoms with Crippen molar-refractivity contribution in [1.29, 1.82) is 0 Å². The third kappa shape index (κ3) is 3.10. The Morgan fingerprint density at radius 1 is 1.33 bits per heavy atom. The molecule has 1 aromatic carbocycles. The Bertz CT molecular complexity index is 606. The van der Waals surface area contributed by atoms with E-state index >= 15 is 0 Å². The van der Waals surface area contributed by atoms with Crippen molar-refractivity contribution in [2.24, 2.45) is 5.92 Å². The maximum atomic E-state index is 10.5. The van der Waals surface area contributed by atoms with Crippen molar-refractivity contribution in [3.05, 3.63) is 47.8 Å². The minimum atomic E-state index is -0.422. The van der Waals surface area contributed by atoms with Gasteiger partial charge in [-0.15, -0.1) is 0 Å². The van der Waals surface area contributed by atoms with Gasteiger partial charge in [0.05, 0.1) is 18.4 Å². The Morgan fingerprint density at radius 2 is 2.14 bits per heavy atom. The minimum absolute atomic E-state index is 0.129. The molecule has 0 spiro atoms. The Kier molecular flexibility index (Phi) is 3.97. The maximum Gasteiger partial charge on any atom is 0.122 e. The van der Waals surface area contributed by atoms with Gasteiger partial charge in [-0.25, -0.2) is 0 Å². The average molecular weight is 286 g/mol. The molecule has 0 fully saturated rings. The molecule has 1 aliphatic heterocycles. The molecule has 2 heterocycles. The first-order valence-electron chi connectivity index (χ1n) is 7.56. The number of fused-ring (bicyclic) bond motifs is 1. The van der Waals surface area contributed by atoms with Gasteiger partial charge in [0.25, 0.3) is 0 Å². The van der Waals surface area contributed by atoms with E-state index in [0.29, 0.717) is 19.1 Å². The molecule has 0 saturated carbocycles. The van der Waals surface area contributed by atoms with Crippen LogP contribution in [0.2, 0.25) is 0 Å². The van der Waals surface area contributed by atoms with Crippen molar-refractivity contribution < 1.29 is 9.84 Å². The van der Waals surface area contributed by atoms with Crippen molar-refractivity contribution in [2.45, 2.75) is 38.8 Å². The average Bonchev–Trinajstić information content (AvgIpc) is 2.95. The SMILES string of the molecule is CC(C)n1ccc(CC(O)C2COc3ccccc3C2)n1. The highest BCUT2D eigenvalue weighted by molar-refractivity contribution is 5.35.